The summed E-state index contributed by atoms with van der Waals surface area (Å²) in [4.78, 5) is 34.2. The highest BCUT2D eigenvalue weighted by Gasteiger charge is 2.33. The molecule has 5 rings (SSSR count). The van der Waals surface area contributed by atoms with E-state index in [0.29, 0.717) is 22.4 Å². The van der Waals surface area contributed by atoms with Gasteiger partial charge in [-0.3, -0.25) is 14.5 Å². The molecule has 7 nitrogen and oxygen atoms in total. The standard InChI is InChI=1S/C25H25N3O4S/c1-17-5-8-19(9-6-17)28-24(30)20(13-18-7-10-21-22(14-18)32-16-31-21)26-25(28)33-15-23(29)27-11-3-2-4-12-27/h5-10,13-14H,2-4,11-12,15-16H2,1H3/b20-13-. The number of carbonyl (C=O) groups excluding carboxylic acids is 2. The van der Waals surface area contributed by atoms with Crippen molar-refractivity contribution in [1.29, 1.82) is 0 Å². The molecule has 3 aliphatic heterocycles. The minimum Gasteiger partial charge on any atom is -0.454 e. The number of aryl methyl sites for hydroxylation is 1. The summed E-state index contributed by atoms with van der Waals surface area (Å²) in [6.07, 6.45) is 5.01. The molecule has 0 aliphatic carbocycles. The molecular formula is C25H25N3O4S. The lowest BCUT2D eigenvalue weighted by Gasteiger charge is -2.26. The molecule has 0 bridgehead atoms. The SMILES string of the molecule is Cc1ccc(N2C(=O)/C(=C/c3ccc4c(c3)OCO4)N=C2SCC(=O)N2CCCCC2)cc1. The molecule has 0 aromatic heterocycles. The van der Waals surface area contributed by atoms with Gasteiger partial charge in [0.2, 0.25) is 12.7 Å². The lowest BCUT2D eigenvalue weighted by molar-refractivity contribution is -0.129. The van der Waals surface area contributed by atoms with Crippen LogP contribution in [0, 0.1) is 6.92 Å². The van der Waals surface area contributed by atoms with E-state index in [9.17, 15) is 9.59 Å². The summed E-state index contributed by atoms with van der Waals surface area (Å²) in [5.41, 5.74) is 2.96. The zero-order chi connectivity index (χ0) is 22.8. The normalized spacial score (nSPS) is 18.8. The zero-order valence-electron chi connectivity index (χ0n) is 18.5. The van der Waals surface area contributed by atoms with Gasteiger partial charge in [0, 0.05) is 13.1 Å². The second kappa shape index (κ2) is 9.31. The number of piperidine rings is 1. The highest BCUT2D eigenvalue weighted by molar-refractivity contribution is 8.14. The van der Waals surface area contributed by atoms with Gasteiger partial charge in [0.15, 0.2) is 16.7 Å². The quantitative estimate of drug-likeness (QED) is 0.635. The molecule has 0 N–H and O–H groups in total. The first-order chi connectivity index (χ1) is 16.1. The molecule has 2 aromatic rings. The zero-order valence-corrected chi connectivity index (χ0v) is 19.3. The number of hydrogen-bond donors (Lipinski definition) is 0. The summed E-state index contributed by atoms with van der Waals surface area (Å²) in [5, 5.41) is 0.515. The van der Waals surface area contributed by atoms with Gasteiger partial charge in [-0.15, -0.1) is 0 Å². The van der Waals surface area contributed by atoms with E-state index < -0.39 is 0 Å². The molecule has 0 radical (unpaired) electrons. The van der Waals surface area contributed by atoms with Gasteiger partial charge >= 0.3 is 0 Å². The maximum absolute atomic E-state index is 13.4. The van der Waals surface area contributed by atoms with Crippen LogP contribution in [0.2, 0.25) is 0 Å². The summed E-state index contributed by atoms with van der Waals surface area (Å²) in [6.45, 7) is 3.81. The van der Waals surface area contributed by atoms with Crippen molar-refractivity contribution in [2.45, 2.75) is 26.2 Å². The number of thioether (sulfide) groups is 1. The number of likely N-dealkylation sites (tertiary alicyclic amines) is 1. The van der Waals surface area contributed by atoms with E-state index in [2.05, 4.69) is 4.99 Å². The maximum atomic E-state index is 13.4. The summed E-state index contributed by atoms with van der Waals surface area (Å²) in [5.74, 6) is 1.46. The van der Waals surface area contributed by atoms with Crippen LogP contribution in [-0.4, -0.2) is 47.5 Å². The Morgan fingerprint density at radius 1 is 1.06 bits per heavy atom. The van der Waals surface area contributed by atoms with E-state index in [1.165, 1.54) is 18.2 Å². The first-order valence-corrected chi connectivity index (χ1v) is 12.1. The Morgan fingerprint density at radius 2 is 1.82 bits per heavy atom. The van der Waals surface area contributed by atoms with E-state index in [4.69, 9.17) is 9.47 Å². The molecule has 0 atom stereocenters. The summed E-state index contributed by atoms with van der Waals surface area (Å²) in [6, 6.07) is 13.2. The molecule has 2 amide bonds. The van der Waals surface area contributed by atoms with Crippen LogP contribution in [0.4, 0.5) is 5.69 Å². The molecule has 8 heteroatoms. The molecule has 1 saturated heterocycles. The minimum absolute atomic E-state index is 0.0897. The molecular weight excluding hydrogens is 438 g/mol. The number of ether oxygens (including phenoxy) is 2. The first-order valence-electron chi connectivity index (χ1n) is 11.1. The van der Waals surface area contributed by atoms with Crippen LogP contribution in [0.3, 0.4) is 0 Å². The number of hydrogen-bond acceptors (Lipinski definition) is 6. The van der Waals surface area contributed by atoms with Crippen LogP contribution in [0.15, 0.2) is 53.2 Å². The Kier molecular flexibility index (Phi) is 6.09. The summed E-state index contributed by atoms with van der Waals surface area (Å²) in [7, 11) is 0. The molecule has 0 spiro atoms. The van der Waals surface area contributed by atoms with E-state index in [1.54, 1.807) is 11.0 Å². The number of anilines is 1. The van der Waals surface area contributed by atoms with Crippen LogP contribution in [0.25, 0.3) is 6.08 Å². The molecule has 3 aliphatic rings. The van der Waals surface area contributed by atoms with Crippen molar-refractivity contribution in [3.63, 3.8) is 0 Å². The Hall–Kier alpha value is -3.26. The van der Waals surface area contributed by atoms with Crippen molar-refractivity contribution >= 4 is 40.5 Å². The maximum Gasteiger partial charge on any atom is 0.283 e. The largest absolute Gasteiger partial charge is 0.454 e. The third-order valence-electron chi connectivity index (χ3n) is 5.86. The first kappa shape index (κ1) is 21.6. The van der Waals surface area contributed by atoms with Crippen molar-refractivity contribution in [2.75, 3.05) is 30.5 Å². The number of amidine groups is 1. The fourth-order valence-electron chi connectivity index (χ4n) is 4.04. The van der Waals surface area contributed by atoms with Gasteiger partial charge in [0.25, 0.3) is 5.91 Å². The molecule has 3 heterocycles. The molecule has 170 valence electrons. The lowest BCUT2D eigenvalue weighted by atomic mass is 10.1. The van der Waals surface area contributed by atoms with Crippen molar-refractivity contribution < 1.29 is 19.1 Å². The van der Waals surface area contributed by atoms with E-state index in [-0.39, 0.29) is 24.4 Å². The average Bonchev–Trinajstić information content (AvgIpc) is 3.43. The number of amides is 2. The average molecular weight is 464 g/mol. The monoisotopic (exact) mass is 463 g/mol. The molecule has 0 unspecified atom stereocenters. The van der Waals surface area contributed by atoms with E-state index in [1.807, 2.05) is 54.3 Å². The lowest BCUT2D eigenvalue weighted by Crippen LogP contribution is -2.38. The predicted molar refractivity (Wildman–Crippen MR) is 130 cm³/mol. The van der Waals surface area contributed by atoms with Gasteiger partial charge in [-0.2, -0.15) is 0 Å². The summed E-state index contributed by atoms with van der Waals surface area (Å²) < 4.78 is 10.8. The highest BCUT2D eigenvalue weighted by Crippen LogP contribution is 2.34. The topological polar surface area (TPSA) is 71.4 Å². The minimum atomic E-state index is -0.218. The number of rotatable bonds is 4. The smallest absolute Gasteiger partial charge is 0.283 e. The van der Waals surface area contributed by atoms with Gasteiger partial charge < -0.3 is 14.4 Å². The number of benzene rings is 2. The second-order valence-electron chi connectivity index (χ2n) is 8.24. The Balaban J connectivity index is 1.41. The van der Waals surface area contributed by atoms with Crippen molar-refractivity contribution in [2.24, 2.45) is 4.99 Å². The van der Waals surface area contributed by atoms with Gasteiger partial charge in [-0.25, -0.2) is 4.99 Å². The molecule has 1 fully saturated rings. The third kappa shape index (κ3) is 4.61. The second-order valence-corrected chi connectivity index (χ2v) is 9.19. The van der Waals surface area contributed by atoms with Crippen LogP contribution in [0.1, 0.15) is 30.4 Å². The highest BCUT2D eigenvalue weighted by atomic mass is 32.2. The third-order valence-corrected chi connectivity index (χ3v) is 6.78. The van der Waals surface area contributed by atoms with Crippen LogP contribution >= 0.6 is 11.8 Å². The van der Waals surface area contributed by atoms with E-state index in [0.717, 1.165) is 42.7 Å². The van der Waals surface area contributed by atoms with Crippen molar-refractivity contribution in [1.82, 2.24) is 4.90 Å². The van der Waals surface area contributed by atoms with Gasteiger partial charge in [-0.1, -0.05) is 35.5 Å². The van der Waals surface area contributed by atoms with Crippen LogP contribution < -0.4 is 14.4 Å². The van der Waals surface area contributed by atoms with Gasteiger partial charge in [0.1, 0.15) is 5.70 Å². The van der Waals surface area contributed by atoms with Gasteiger partial charge in [-0.05, 0) is 62.1 Å². The number of carbonyl (C=O) groups is 2. The molecule has 0 saturated carbocycles. The van der Waals surface area contributed by atoms with Crippen molar-refractivity contribution in [3.8, 4) is 11.5 Å². The number of fused-ring (bicyclic) bond motifs is 1. The van der Waals surface area contributed by atoms with Crippen molar-refractivity contribution in [3.05, 3.63) is 59.3 Å². The Morgan fingerprint density at radius 3 is 2.61 bits per heavy atom. The Labute approximate surface area is 197 Å². The van der Waals surface area contributed by atoms with Gasteiger partial charge in [0.05, 0.1) is 11.4 Å². The van der Waals surface area contributed by atoms with Crippen LogP contribution in [-0.2, 0) is 9.59 Å². The molecule has 2 aromatic carbocycles. The fraction of sp³-hybridized carbons (Fsp3) is 0.320. The molecule has 33 heavy (non-hydrogen) atoms. The number of nitrogens with zero attached hydrogens (tertiary/aromatic N) is 3. The number of aliphatic imine (C=N–C) groups is 1. The van der Waals surface area contributed by atoms with Crippen LogP contribution in [0.5, 0.6) is 11.5 Å². The summed E-state index contributed by atoms with van der Waals surface area (Å²) >= 11 is 1.31. The Bertz CT molecular complexity index is 1140. The van der Waals surface area contributed by atoms with E-state index >= 15 is 0 Å². The fourth-order valence-corrected chi connectivity index (χ4v) is 4.95. The predicted octanol–water partition coefficient (Wildman–Crippen LogP) is 4.21.